The highest BCUT2D eigenvalue weighted by atomic mass is 35.5. The quantitative estimate of drug-likeness (QED) is 0.768. The third-order valence-electron chi connectivity index (χ3n) is 4.16. The minimum atomic E-state index is -0.875. The first-order chi connectivity index (χ1) is 9.29. The Morgan fingerprint density at radius 2 is 1.95 bits per heavy atom. The standard InChI is InChI=1S/C16H21Cl2NO/c1-4-16(18)13(15(2,3)17)11-19(14(16)20)10-12-8-6-5-7-9-12/h5-9,13H,4,10-11H2,1-3H3/t13-,16-/m0/s1. The zero-order valence-electron chi connectivity index (χ0n) is 12.2. The molecule has 20 heavy (non-hydrogen) atoms. The molecule has 1 heterocycles. The normalized spacial score (nSPS) is 27.1. The van der Waals surface area contributed by atoms with Crippen LogP contribution in [0.4, 0.5) is 0 Å². The van der Waals surface area contributed by atoms with Crippen LogP contribution in [0.3, 0.4) is 0 Å². The number of likely N-dealkylation sites (tertiary alicyclic amines) is 1. The van der Waals surface area contributed by atoms with Crippen LogP contribution in [0, 0.1) is 5.92 Å². The molecule has 2 atom stereocenters. The van der Waals surface area contributed by atoms with Gasteiger partial charge in [0.1, 0.15) is 4.87 Å². The second-order valence-electron chi connectivity index (χ2n) is 6.00. The van der Waals surface area contributed by atoms with Crippen LogP contribution < -0.4 is 0 Å². The lowest BCUT2D eigenvalue weighted by Gasteiger charge is -2.32. The Morgan fingerprint density at radius 3 is 2.40 bits per heavy atom. The molecule has 0 bridgehead atoms. The summed E-state index contributed by atoms with van der Waals surface area (Å²) in [4.78, 5) is 13.1. The van der Waals surface area contributed by atoms with Crippen molar-refractivity contribution in [1.29, 1.82) is 0 Å². The van der Waals surface area contributed by atoms with E-state index in [1.165, 1.54) is 0 Å². The molecule has 1 aromatic carbocycles. The van der Waals surface area contributed by atoms with Crippen LogP contribution in [-0.4, -0.2) is 27.1 Å². The number of rotatable bonds is 4. The fourth-order valence-corrected chi connectivity index (χ4v) is 3.73. The number of halogens is 2. The van der Waals surface area contributed by atoms with Crippen molar-refractivity contribution < 1.29 is 4.79 Å². The second-order valence-corrected chi connectivity index (χ2v) is 7.65. The lowest BCUT2D eigenvalue weighted by atomic mass is 9.83. The van der Waals surface area contributed by atoms with Gasteiger partial charge in [0.25, 0.3) is 0 Å². The molecule has 1 aliphatic rings. The predicted octanol–water partition coefficient (Wildman–Crippen LogP) is 4.05. The third-order valence-corrected chi connectivity index (χ3v) is 5.11. The maximum Gasteiger partial charge on any atom is 0.244 e. The Balaban J connectivity index is 2.24. The Kier molecular flexibility index (Phi) is 4.36. The van der Waals surface area contributed by atoms with E-state index < -0.39 is 9.75 Å². The van der Waals surface area contributed by atoms with Gasteiger partial charge in [-0.3, -0.25) is 4.79 Å². The number of amides is 1. The van der Waals surface area contributed by atoms with E-state index in [0.717, 1.165) is 5.56 Å². The minimum Gasteiger partial charge on any atom is -0.336 e. The number of hydrogen-bond acceptors (Lipinski definition) is 1. The van der Waals surface area contributed by atoms with E-state index in [4.69, 9.17) is 23.2 Å². The molecule has 0 saturated carbocycles. The summed E-state index contributed by atoms with van der Waals surface area (Å²) in [6.07, 6.45) is 0.597. The fraction of sp³-hybridized carbons (Fsp3) is 0.562. The predicted molar refractivity (Wildman–Crippen MR) is 84.2 cm³/mol. The topological polar surface area (TPSA) is 20.3 Å². The summed E-state index contributed by atoms with van der Waals surface area (Å²) in [5, 5.41) is 0. The van der Waals surface area contributed by atoms with Gasteiger partial charge in [-0.25, -0.2) is 0 Å². The summed E-state index contributed by atoms with van der Waals surface area (Å²) < 4.78 is 0. The molecular weight excluding hydrogens is 293 g/mol. The number of nitrogens with zero attached hydrogens (tertiary/aromatic N) is 1. The average molecular weight is 314 g/mol. The van der Waals surface area contributed by atoms with Crippen LogP contribution >= 0.6 is 23.2 Å². The SMILES string of the molecule is CC[C@@]1(Cl)C(=O)N(Cc2ccccc2)C[C@H]1C(C)(C)Cl. The summed E-state index contributed by atoms with van der Waals surface area (Å²) in [5.74, 6) is -0.0520. The van der Waals surface area contributed by atoms with Gasteiger partial charge < -0.3 is 4.90 Å². The van der Waals surface area contributed by atoms with Gasteiger partial charge in [-0.1, -0.05) is 37.3 Å². The Labute approximate surface area is 131 Å². The molecule has 0 aromatic heterocycles. The van der Waals surface area contributed by atoms with Crippen molar-refractivity contribution in [2.45, 2.75) is 43.5 Å². The van der Waals surface area contributed by atoms with Crippen LogP contribution in [0.15, 0.2) is 30.3 Å². The van der Waals surface area contributed by atoms with Crippen LogP contribution in [0.1, 0.15) is 32.8 Å². The molecule has 1 aliphatic heterocycles. The lowest BCUT2D eigenvalue weighted by molar-refractivity contribution is -0.130. The van der Waals surface area contributed by atoms with Crippen LogP contribution in [0.2, 0.25) is 0 Å². The number of benzene rings is 1. The average Bonchev–Trinajstić information content (AvgIpc) is 2.65. The van der Waals surface area contributed by atoms with Gasteiger partial charge in [0.05, 0.1) is 0 Å². The molecule has 1 fully saturated rings. The molecule has 2 nitrogen and oxygen atoms in total. The molecule has 4 heteroatoms. The first kappa shape index (κ1) is 15.7. The van der Waals surface area contributed by atoms with Crippen molar-refractivity contribution in [2.24, 2.45) is 5.92 Å². The molecule has 0 spiro atoms. The van der Waals surface area contributed by atoms with Crippen molar-refractivity contribution in [1.82, 2.24) is 4.90 Å². The molecule has 2 rings (SSSR count). The van der Waals surface area contributed by atoms with Gasteiger partial charge in [0.2, 0.25) is 5.91 Å². The molecular formula is C16H21Cl2NO. The smallest absolute Gasteiger partial charge is 0.244 e. The Morgan fingerprint density at radius 1 is 1.35 bits per heavy atom. The first-order valence-corrected chi connectivity index (χ1v) is 7.75. The van der Waals surface area contributed by atoms with E-state index in [0.29, 0.717) is 19.5 Å². The van der Waals surface area contributed by atoms with E-state index >= 15 is 0 Å². The van der Waals surface area contributed by atoms with E-state index in [9.17, 15) is 4.79 Å². The summed E-state index contributed by atoms with van der Waals surface area (Å²) in [6, 6.07) is 9.97. The molecule has 0 unspecified atom stereocenters. The fourth-order valence-electron chi connectivity index (χ4n) is 2.96. The van der Waals surface area contributed by atoms with Crippen molar-refractivity contribution in [3.8, 4) is 0 Å². The molecule has 1 saturated heterocycles. The molecule has 0 aliphatic carbocycles. The Bertz CT molecular complexity index is 483. The van der Waals surface area contributed by atoms with Gasteiger partial charge in [-0.05, 0) is 25.8 Å². The summed E-state index contributed by atoms with van der Waals surface area (Å²) >= 11 is 13.1. The van der Waals surface area contributed by atoms with E-state index in [1.807, 2.05) is 56.0 Å². The van der Waals surface area contributed by atoms with E-state index in [1.54, 1.807) is 0 Å². The highest BCUT2D eigenvalue weighted by Gasteiger charge is 2.56. The second kappa shape index (κ2) is 5.57. The van der Waals surface area contributed by atoms with E-state index in [2.05, 4.69) is 0 Å². The highest BCUT2D eigenvalue weighted by Crippen LogP contribution is 2.46. The molecule has 0 N–H and O–H groups in total. The van der Waals surface area contributed by atoms with Gasteiger partial charge in [0.15, 0.2) is 0 Å². The largest absolute Gasteiger partial charge is 0.336 e. The number of alkyl halides is 2. The molecule has 1 amide bonds. The molecule has 0 radical (unpaired) electrons. The van der Waals surface area contributed by atoms with Gasteiger partial charge in [0, 0.05) is 23.9 Å². The maximum absolute atomic E-state index is 12.7. The number of hydrogen-bond donors (Lipinski definition) is 0. The zero-order valence-corrected chi connectivity index (χ0v) is 13.7. The Hall–Kier alpha value is -0.730. The van der Waals surface area contributed by atoms with Crippen molar-refractivity contribution in [3.05, 3.63) is 35.9 Å². The van der Waals surface area contributed by atoms with Gasteiger partial charge in [-0.15, -0.1) is 23.2 Å². The summed E-state index contributed by atoms with van der Waals surface area (Å²) in [6.45, 7) is 7.03. The van der Waals surface area contributed by atoms with Crippen molar-refractivity contribution in [2.75, 3.05) is 6.54 Å². The third kappa shape index (κ3) is 2.82. The summed E-state index contributed by atoms with van der Waals surface area (Å²) in [5.41, 5.74) is 1.11. The first-order valence-electron chi connectivity index (χ1n) is 7.00. The van der Waals surface area contributed by atoms with Gasteiger partial charge >= 0.3 is 0 Å². The maximum atomic E-state index is 12.7. The molecule has 1 aromatic rings. The van der Waals surface area contributed by atoms with Gasteiger partial charge in [-0.2, -0.15) is 0 Å². The number of carbonyl (C=O) groups excluding carboxylic acids is 1. The van der Waals surface area contributed by atoms with E-state index in [-0.39, 0.29) is 11.8 Å². The molecule has 110 valence electrons. The van der Waals surface area contributed by atoms with Crippen molar-refractivity contribution in [3.63, 3.8) is 0 Å². The van der Waals surface area contributed by atoms with Crippen LogP contribution in [0.5, 0.6) is 0 Å². The lowest BCUT2D eigenvalue weighted by Crippen LogP contribution is -2.43. The monoisotopic (exact) mass is 313 g/mol. The minimum absolute atomic E-state index is 0.00393. The zero-order chi connectivity index (χ0) is 15.0. The summed E-state index contributed by atoms with van der Waals surface area (Å²) in [7, 11) is 0. The van der Waals surface area contributed by atoms with Crippen LogP contribution in [-0.2, 0) is 11.3 Å². The number of carbonyl (C=O) groups is 1. The van der Waals surface area contributed by atoms with Crippen LogP contribution in [0.25, 0.3) is 0 Å². The highest BCUT2D eigenvalue weighted by molar-refractivity contribution is 6.37. The van der Waals surface area contributed by atoms with Crippen molar-refractivity contribution >= 4 is 29.1 Å².